The van der Waals surface area contributed by atoms with E-state index in [1.807, 2.05) is 13.0 Å². The second-order valence-corrected chi connectivity index (χ2v) is 9.51. The molecule has 0 aliphatic carbocycles. The van der Waals surface area contributed by atoms with E-state index in [0.29, 0.717) is 11.1 Å². The van der Waals surface area contributed by atoms with Gasteiger partial charge in [0.05, 0.1) is 17.8 Å². The molecule has 0 radical (unpaired) electrons. The molecule has 1 unspecified atom stereocenters. The molecule has 38 heavy (non-hydrogen) atoms. The highest BCUT2D eigenvalue weighted by molar-refractivity contribution is 5.98. The third-order valence-electron chi connectivity index (χ3n) is 6.59. The number of hydrogen-bond acceptors (Lipinski definition) is 5. The molecule has 2 N–H and O–H groups in total. The number of nitrogens with one attached hydrogen (secondary N) is 1. The Morgan fingerprint density at radius 3 is 2.61 bits per heavy atom. The monoisotopic (exact) mass is 525 g/mol. The number of ether oxygens (including phenoxy) is 1. The van der Waals surface area contributed by atoms with E-state index in [2.05, 4.69) is 15.3 Å². The van der Waals surface area contributed by atoms with Gasteiger partial charge in [-0.05, 0) is 67.9 Å². The number of pyridine rings is 2. The highest BCUT2D eigenvalue weighted by Gasteiger charge is 2.47. The number of aliphatic hydroxyl groups is 1. The molecule has 0 spiro atoms. The first-order valence-electron chi connectivity index (χ1n) is 11.8. The van der Waals surface area contributed by atoms with Crippen molar-refractivity contribution >= 4 is 16.8 Å². The summed E-state index contributed by atoms with van der Waals surface area (Å²) in [6.07, 6.45) is -2.93. The van der Waals surface area contributed by atoms with Crippen LogP contribution in [0.5, 0.6) is 5.75 Å². The summed E-state index contributed by atoms with van der Waals surface area (Å²) in [4.78, 5) is 21.7. The lowest BCUT2D eigenvalue weighted by Crippen LogP contribution is -2.39. The van der Waals surface area contributed by atoms with Crippen molar-refractivity contribution in [3.63, 3.8) is 0 Å². The molecule has 3 heterocycles. The van der Waals surface area contributed by atoms with Crippen molar-refractivity contribution in [2.24, 2.45) is 0 Å². The zero-order chi connectivity index (χ0) is 27.2. The number of benzene rings is 2. The number of amides is 1. The molecule has 2 atom stereocenters. The molecule has 1 aliphatic rings. The topological polar surface area (TPSA) is 84.3 Å². The summed E-state index contributed by atoms with van der Waals surface area (Å²) < 4.78 is 60.2. The number of hydrogen-bond donors (Lipinski definition) is 2. The Hall–Kier alpha value is -4.05. The molecule has 0 saturated heterocycles. The van der Waals surface area contributed by atoms with Gasteiger partial charge in [0, 0.05) is 28.3 Å². The highest BCUT2D eigenvalue weighted by Crippen LogP contribution is 2.48. The van der Waals surface area contributed by atoms with E-state index < -0.39 is 36.0 Å². The fraction of sp³-hybridized carbons (Fsp3) is 0.250. The van der Waals surface area contributed by atoms with Crippen molar-refractivity contribution in [3.05, 3.63) is 89.0 Å². The minimum Gasteiger partial charge on any atom is -0.490 e. The van der Waals surface area contributed by atoms with E-state index in [-0.39, 0.29) is 29.2 Å². The van der Waals surface area contributed by atoms with Crippen LogP contribution in [0.3, 0.4) is 0 Å². The molecule has 1 aliphatic heterocycles. The molecule has 0 bridgehead atoms. The summed E-state index contributed by atoms with van der Waals surface area (Å²) in [6.45, 7) is 2.21. The lowest BCUT2D eigenvalue weighted by molar-refractivity contribution is -0.151. The largest absolute Gasteiger partial charge is 0.490 e. The summed E-state index contributed by atoms with van der Waals surface area (Å²) in [5.74, 6) is -2.98. The Kier molecular flexibility index (Phi) is 6.30. The van der Waals surface area contributed by atoms with Crippen LogP contribution in [0.1, 0.15) is 40.0 Å². The van der Waals surface area contributed by atoms with Crippen LogP contribution in [0.4, 0.5) is 17.6 Å². The van der Waals surface area contributed by atoms with Gasteiger partial charge in [-0.25, -0.2) is 9.37 Å². The maximum absolute atomic E-state index is 13.8. The predicted octanol–water partition coefficient (Wildman–Crippen LogP) is 5.42. The first-order chi connectivity index (χ1) is 17.9. The van der Waals surface area contributed by atoms with Crippen LogP contribution in [-0.4, -0.2) is 40.3 Å². The smallest absolute Gasteiger partial charge is 0.399 e. The molecule has 2 aromatic carbocycles. The Morgan fingerprint density at radius 2 is 1.89 bits per heavy atom. The van der Waals surface area contributed by atoms with Gasteiger partial charge in [0.2, 0.25) is 0 Å². The second kappa shape index (κ2) is 9.36. The number of aryl methyl sites for hydroxylation is 1. The summed E-state index contributed by atoms with van der Waals surface area (Å²) in [7, 11) is 0. The van der Waals surface area contributed by atoms with Gasteiger partial charge in [-0.15, -0.1) is 0 Å². The SMILES string of the molecule is Cc1cc(C(=O)NCC(C)(O)c2cc3c(c(-c4ccc(F)cc4)n2)OC[C@H]3C(F)(F)F)cc2cccnc12. The standard InChI is InChI=1S/C28H23F4N3O3/c1-15-10-18(11-17-4-3-9-33-23(15)17)26(36)34-14-27(2,37)22-12-20-21(28(30,31)32)13-38-25(20)24(35-22)16-5-7-19(29)8-6-16/h3-12,21,37H,13-14H2,1-2H3,(H,34,36)/t21-,27?/m1/s1. The van der Waals surface area contributed by atoms with Gasteiger partial charge in [0.15, 0.2) is 0 Å². The van der Waals surface area contributed by atoms with E-state index in [9.17, 15) is 27.5 Å². The van der Waals surface area contributed by atoms with Gasteiger partial charge in [-0.1, -0.05) is 6.07 Å². The maximum atomic E-state index is 13.8. The van der Waals surface area contributed by atoms with Crippen LogP contribution in [0.2, 0.25) is 0 Å². The molecule has 196 valence electrons. The van der Waals surface area contributed by atoms with Crippen molar-refractivity contribution in [2.45, 2.75) is 31.5 Å². The number of alkyl halides is 3. The first kappa shape index (κ1) is 25.6. The Morgan fingerprint density at radius 1 is 1.16 bits per heavy atom. The van der Waals surface area contributed by atoms with E-state index in [1.54, 1.807) is 24.4 Å². The van der Waals surface area contributed by atoms with E-state index in [0.717, 1.165) is 34.7 Å². The summed E-state index contributed by atoms with van der Waals surface area (Å²) in [5, 5.41) is 14.7. The average Bonchev–Trinajstić information content (AvgIpc) is 3.32. The number of halogens is 4. The van der Waals surface area contributed by atoms with Crippen molar-refractivity contribution < 1.29 is 32.2 Å². The third kappa shape index (κ3) is 4.79. The van der Waals surface area contributed by atoms with Crippen LogP contribution < -0.4 is 10.1 Å². The fourth-order valence-electron chi connectivity index (χ4n) is 4.52. The lowest BCUT2D eigenvalue weighted by atomic mass is 9.93. The van der Waals surface area contributed by atoms with Gasteiger partial charge in [0.25, 0.3) is 5.91 Å². The number of aromatic nitrogens is 2. The van der Waals surface area contributed by atoms with Gasteiger partial charge in [-0.2, -0.15) is 13.2 Å². The zero-order valence-electron chi connectivity index (χ0n) is 20.4. The quantitative estimate of drug-likeness (QED) is 0.340. The average molecular weight is 526 g/mol. The van der Waals surface area contributed by atoms with Crippen molar-refractivity contribution in [1.82, 2.24) is 15.3 Å². The van der Waals surface area contributed by atoms with E-state index in [4.69, 9.17) is 4.74 Å². The molecular formula is C28H23F4N3O3. The Balaban J connectivity index is 1.48. The summed E-state index contributed by atoms with van der Waals surface area (Å²) in [5.41, 5.74) is 0.168. The molecular weight excluding hydrogens is 502 g/mol. The van der Waals surface area contributed by atoms with Crippen LogP contribution in [0, 0.1) is 12.7 Å². The lowest BCUT2D eigenvalue weighted by Gasteiger charge is -2.25. The number of nitrogens with zero attached hydrogens (tertiary/aromatic N) is 2. The predicted molar refractivity (Wildman–Crippen MR) is 132 cm³/mol. The van der Waals surface area contributed by atoms with Crippen LogP contribution in [-0.2, 0) is 5.60 Å². The van der Waals surface area contributed by atoms with Crippen molar-refractivity contribution in [1.29, 1.82) is 0 Å². The molecule has 6 nitrogen and oxygen atoms in total. The number of carbonyl (C=O) groups is 1. The van der Waals surface area contributed by atoms with Crippen LogP contribution in [0.25, 0.3) is 22.2 Å². The zero-order valence-corrected chi connectivity index (χ0v) is 20.4. The molecule has 2 aromatic heterocycles. The molecule has 5 rings (SSSR count). The van der Waals surface area contributed by atoms with Crippen LogP contribution >= 0.6 is 0 Å². The summed E-state index contributed by atoms with van der Waals surface area (Å²) in [6, 6.07) is 13.1. The molecule has 1 amide bonds. The number of fused-ring (bicyclic) bond motifs is 2. The summed E-state index contributed by atoms with van der Waals surface area (Å²) >= 11 is 0. The van der Waals surface area contributed by atoms with Gasteiger partial charge >= 0.3 is 6.18 Å². The second-order valence-electron chi connectivity index (χ2n) is 9.51. The molecule has 10 heteroatoms. The van der Waals surface area contributed by atoms with Crippen molar-refractivity contribution in [2.75, 3.05) is 13.2 Å². The fourth-order valence-corrected chi connectivity index (χ4v) is 4.52. The van der Waals surface area contributed by atoms with Crippen molar-refractivity contribution in [3.8, 4) is 17.0 Å². The molecule has 0 fully saturated rings. The third-order valence-corrected chi connectivity index (χ3v) is 6.59. The molecule has 0 saturated carbocycles. The number of rotatable bonds is 5. The number of carbonyl (C=O) groups excluding carboxylic acids is 1. The van der Waals surface area contributed by atoms with Gasteiger partial charge in [-0.3, -0.25) is 9.78 Å². The van der Waals surface area contributed by atoms with Gasteiger partial charge < -0.3 is 15.2 Å². The maximum Gasteiger partial charge on any atom is 0.399 e. The molecule has 4 aromatic rings. The van der Waals surface area contributed by atoms with E-state index in [1.165, 1.54) is 19.1 Å². The minimum atomic E-state index is -4.59. The normalized spacial score (nSPS) is 16.6. The van der Waals surface area contributed by atoms with Crippen LogP contribution in [0.15, 0.2) is 60.8 Å². The Bertz CT molecular complexity index is 1540. The Labute approximate surface area is 215 Å². The van der Waals surface area contributed by atoms with E-state index >= 15 is 0 Å². The first-order valence-corrected chi connectivity index (χ1v) is 11.8. The van der Waals surface area contributed by atoms with Gasteiger partial charge in [0.1, 0.15) is 35.4 Å². The highest BCUT2D eigenvalue weighted by atomic mass is 19.4. The minimum absolute atomic E-state index is 0.0495.